The van der Waals surface area contributed by atoms with Gasteiger partial charge in [0.15, 0.2) is 0 Å². The van der Waals surface area contributed by atoms with E-state index in [9.17, 15) is 0 Å². The van der Waals surface area contributed by atoms with Crippen LogP contribution in [0.5, 0.6) is 0 Å². The molecule has 0 unspecified atom stereocenters. The molecule has 0 heteroatoms. The largest absolute Gasteiger partial charge is 0.0990 e. The van der Waals surface area contributed by atoms with Crippen LogP contribution in [0.3, 0.4) is 0 Å². The van der Waals surface area contributed by atoms with E-state index in [1.807, 2.05) is 47.6 Å². The highest BCUT2D eigenvalue weighted by atomic mass is 14.2. The molecule has 0 N–H and O–H groups in total. The maximum Gasteiger partial charge on any atom is -0.00207 e. The van der Waals surface area contributed by atoms with Gasteiger partial charge in [0.2, 0.25) is 0 Å². The molecule has 0 atom stereocenters. The minimum Gasteiger partial charge on any atom is -0.0990 e. The molecule has 0 amide bonds. The van der Waals surface area contributed by atoms with Gasteiger partial charge in [-0.3, -0.25) is 0 Å². The van der Waals surface area contributed by atoms with Gasteiger partial charge < -0.3 is 0 Å². The summed E-state index contributed by atoms with van der Waals surface area (Å²) in [4.78, 5) is 0. The monoisotopic (exact) mass is 440 g/mol. The van der Waals surface area contributed by atoms with E-state index in [1.165, 1.54) is 27.1 Å². The van der Waals surface area contributed by atoms with Crippen LogP contribution in [0.25, 0.3) is 27.1 Å². The first kappa shape index (κ1) is 29.9. The molecule has 0 fully saturated rings. The van der Waals surface area contributed by atoms with Crippen LogP contribution in [0, 0.1) is 0 Å². The quantitative estimate of drug-likeness (QED) is 0.264. The van der Waals surface area contributed by atoms with Gasteiger partial charge >= 0.3 is 0 Å². The van der Waals surface area contributed by atoms with E-state index in [1.54, 1.807) is 0 Å². The molecule has 0 aliphatic rings. The average Bonchev–Trinajstić information content (AvgIpc) is 2.89. The van der Waals surface area contributed by atoms with Crippen molar-refractivity contribution in [2.45, 2.75) is 61.8 Å². The first-order chi connectivity index (χ1) is 16.2. The molecule has 33 heavy (non-hydrogen) atoms. The van der Waals surface area contributed by atoms with Gasteiger partial charge in [0.05, 0.1) is 0 Å². The van der Waals surface area contributed by atoms with E-state index in [0.29, 0.717) is 0 Å². The molecule has 0 saturated heterocycles. The fourth-order valence-corrected chi connectivity index (χ4v) is 3.59. The number of hydrogen-bond acceptors (Lipinski definition) is 0. The number of allylic oxidation sites excluding steroid dienone is 8. The summed E-state index contributed by atoms with van der Waals surface area (Å²) in [6, 6.07) is 19.4. The van der Waals surface area contributed by atoms with Crippen LogP contribution >= 0.6 is 0 Å². The fraction of sp³-hybridized carbons (Fsp3) is 0.273. The molecule has 3 rings (SSSR count). The Bertz CT molecular complexity index is 1030. The molecule has 3 aromatic rings. The lowest BCUT2D eigenvalue weighted by atomic mass is 9.85. The van der Waals surface area contributed by atoms with Crippen LogP contribution in [0.2, 0.25) is 0 Å². The molecule has 0 saturated carbocycles. The highest BCUT2D eigenvalue weighted by Crippen LogP contribution is 2.38. The Morgan fingerprint density at radius 3 is 1.73 bits per heavy atom. The van der Waals surface area contributed by atoms with Crippen molar-refractivity contribution in [3.05, 3.63) is 115 Å². The van der Waals surface area contributed by atoms with E-state index in [0.717, 1.165) is 23.1 Å². The summed E-state index contributed by atoms with van der Waals surface area (Å²) in [5.41, 5.74) is 4.56. The van der Waals surface area contributed by atoms with Gasteiger partial charge in [-0.05, 0) is 63.2 Å². The molecule has 0 aromatic heterocycles. The van der Waals surface area contributed by atoms with Gasteiger partial charge in [-0.2, -0.15) is 0 Å². The molecule has 0 bridgehead atoms. The SMILES string of the molecule is C=C/C=C(\C(=C/C)C(=C)/C=C\CC)c1c2ccccc2cc2ccccc12.CC.CC.CC. The Balaban J connectivity index is 0.00000158. The third-order valence-electron chi connectivity index (χ3n) is 4.80. The van der Waals surface area contributed by atoms with Crippen molar-refractivity contribution in [1.29, 1.82) is 0 Å². The minimum absolute atomic E-state index is 0.994. The van der Waals surface area contributed by atoms with Crippen LogP contribution < -0.4 is 0 Å². The summed E-state index contributed by atoms with van der Waals surface area (Å²) in [5, 5.41) is 4.98. The molecule has 0 radical (unpaired) electrons. The predicted molar refractivity (Wildman–Crippen MR) is 156 cm³/mol. The third-order valence-corrected chi connectivity index (χ3v) is 4.80. The summed E-state index contributed by atoms with van der Waals surface area (Å²) >= 11 is 0. The lowest BCUT2D eigenvalue weighted by molar-refractivity contribution is 1.22. The maximum absolute atomic E-state index is 4.32. The molecule has 3 aromatic carbocycles. The highest BCUT2D eigenvalue weighted by molar-refractivity contribution is 6.12. The molecular weight excluding hydrogens is 396 g/mol. The molecule has 0 aliphatic heterocycles. The van der Waals surface area contributed by atoms with Crippen molar-refractivity contribution in [1.82, 2.24) is 0 Å². The van der Waals surface area contributed by atoms with Crippen molar-refractivity contribution in [3.63, 3.8) is 0 Å². The van der Waals surface area contributed by atoms with Crippen LogP contribution in [-0.4, -0.2) is 0 Å². The summed E-state index contributed by atoms with van der Waals surface area (Å²) < 4.78 is 0. The van der Waals surface area contributed by atoms with E-state index in [2.05, 4.69) is 106 Å². The van der Waals surface area contributed by atoms with Gasteiger partial charge in [0.25, 0.3) is 0 Å². The first-order valence-electron chi connectivity index (χ1n) is 12.5. The lowest BCUT2D eigenvalue weighted by Crippen LogP contribution is -1.96. The number of rotatable bonds is 6. The molecule has 0 spiro atoms. The van der Waals surface area contributed by atoms with Crippen LogP contribution in [0.1, 0.15) is 67.4 Å². The summed E-state index contributed by atoms with van der Waals surface area (Å²) in [6.45, 7) is 24.5. The first-order valence-corrected chi connectivity index (χ1v) is 12.5. The van der Waals surface area contributed by atoms with Crippen LogP contribution in [0.4, 0.5) is 0 Å². The van der Waals surface area contributed by atoms with Gasteiger partial charge in [0, 0.05) is 0 Å². The van der Waals surface area contributed by atoms with Crippen molar-refractivity contribution in [2.24, 2.45) is 0 Å². The predicted octanol–water partition coefficient (Wildman–Crippen LogP) is 11.1. The zero-order chi connectivity index (χ0) is 25.2. The van der Waals surface area contributed by atoms with Gasteiger partial charge in [-0.15, -0.1) is 0 Å². The smallest absolute Gasteiger partial charge is 0.00207 e. The molecular formula is C33H44. The van der Waals surface area contributed by atoms with Gasteiger partial charge in [-0.25, -0.2) is 0 Å². The van der Waals surface area contributed by atoms with Crippen LogP contribution in [-0.2, 0) is 0 Å². The Kier molecular flexibility index (Phi) is 15.8. The Morgan fingerprint density at radius 2 is 1.30 bits per heavy atom. The van der Waals surface area contributed by atoms with E-state index < -0.39 is 0 Å². The Morgan fingerprint density at radius 1 is 0.818 bits per heavy atom. The number of fused-ring (bicyclic) bond motifs is 2. The highest BCUT2D eigenvalue weighted by Gasteiger charge is 2.15. The average molecular weight is 441 g/mol. The minimum atomic E-state index is 0.994. The third kappa shape index (κ3) is 7.75. The maximum atomic E-state index is 4.32. The second-order valence-corrected chi connectivity index (χ2v) is 6.55. The lowest BCUT2D eigenvalue weighted by Gasteiger charge is -2.18. The summed E-state index contributed by atoms with van der Waals surface area (Å²) in [6.07, 6.45) is 11.4. The summed E-state index contributed by atoms with van der Waals surface area (Å²) in [5.74, 6) is 0. The number of hydrogen-bond donors (Lipinski definition) is 0. The number of benzene rings is 3. The summed E-state index contributed by atoms with van der Waals surface area (Å²) in [7, 11) is 0. The topological polar surface area (TPSA) is 0 Å². The zero-order valence-electron chi connectivity index (χ0n) is 22.2. The second kappa shape index (κ2) is 17.4. The van der Waals surface area contributed by atoms with Crippen molar-refractivity contribution < 1.29 is 0 Å². The van der Waals surface area contributed by atoms with Crippen molar-refractivity contribution in [2.75, 3.05) is 0 Å². The van der Waals surface area contributed by atoms with E-state index >= 15 is 0 Å². The van der Waals surface area contributed by atoms with Crippen LogP contribution in [0.15, 0.2) is 109 Å². The van der Waals surface area contributed by atoms with Gasteiger partial charge in [-0.1, -0.05) is 141 Å². The normalized spacial score (nSPS) is 11.0. The molecule has 176 valence electrons. The fourth-order valence-electron chi connectivity index (χ4n) is 3.59. The second-order valence-electron chi connectivity index (χ2n) is 6.55. The Hall–Kier alpha value is -3.12. The molecule has 0 nitrogen and oxygen atoms in total. The van der Waals surface area contributed by atoms with Crippen molar-refractivity contribution in [3.8, 4) is 0 Å². The zero-order valence-corrected chi connectivity index (χ0v) is 22.2. The van der Waals surface area contributed by atoms with E-state index in [4.69, 9.17) is 0 Å². The molecule has 0 aliphatic carbocycles. The molecule has 0 heterocycles. The standard InChI is InChI=1S/C27H26.3C2H6/c1-5-8-14-20(4)23(7-3)26(13-6-2)27-24-17-11-9-15-21(24)19-22-16-10-12-18-25(22)27;3*1-2/h6-19H,2,4-5H2,1,3H3;3*1-2H3/b14-8-,23-7-,26-13+;;;. The van der Waals surface area contributed by atoms with Gasteiger partial charge in [0.1, 0.15) is 0 Å². The Labute approximate surface area is 203 Å². The van der Waals surface area contributed by atoms with Crippen molar-refractivity contribution >= 4 is 27.1 Å². The van der Waals surface area contributed by atoms with E-state index in [-0.39, 0.29) is 0 Å².